The van der Waals surface area contributed by atoms with Crippen LogP contribution in [0.4, 0.5) is 0 Å². The van der Waals surface area contributed by atoms with E-state index in [0.29, 0.717) is 0 Å². The van der Waals surface area contributed by atoms with Gasteiger partial charge in [0.05, 0.1) is 52.4 Å². The number of carbonyl (C=O) groups is 2. The van der Waals surface area contributed by atoms with Crippen LogP contribution < -0.4 is 10.6 Å². The quantitative estimate of drug-likeness (QED) is 0.0427. The van der Waals surface area contributed by atoms with Crippen LogP contribution in [0.2, 0.25) is 0 Å². The molecule has 0 aromatic heterocycles. The largest absolute Gasteiger partial charge is 0.394 e. The third-order valence-electron chi connectivity index (χ3n) is 14.9. The lowest BCUT2D eigenvalue weighted by Gasteiger charge is -2.51. The number of aliphatic hydroxyl groups excluding tert-OH is 21. The van der Waals surface area contributed by atoms with Gasteiger partial charge in [-0.3, -0.25) is 9.59 Å². The molecule has 6 rings (SSSR count). The van der Waals surface area contributed by atoms with Crippen LogP contribution >= 0.6 is 0 Å². The fourth-order valence-corrected chi connectivity index (χ4v) is 10.2. The summed E-state index contributed by atoms with van der Waals surface area (Å²) in [5.41, 5.74) is 0. The molecule has 83 heavy (non-hydrogen) atoms. The molecule has 6 aliphatic rings. The molecule has 0 aromatic carbocycles. The van der Waals surface area contributed by atoms with Crippen molar-refractivity contribution in [2.75, 3.05) is 46.2 Å². The van der Waals surface area contributed by atoms with Crippen molar-refractivity contribution in [2.45, 2.75) is 229 Å². The van der Waals surface area contributed by atoms with Crippen LogP contribution in [0.25, 0.3) is 0 Å². The first kappa shape index (κ1) is 69.7. The van der Waals surface area contributed by atoms with Gasteiger partial charge in [-0.05, 0) is 6.92 Å². The summed E-state index contributed by atoms with van der Waals surface area (Å²) in [6, 6.07) is -3.68. The summed E-state index contributed by atoms with van der Waals surface area (Å²) in [7, 11) is 0. The Kier molecular flexibility index (Phi) is 25.8. The average molecular weight is 1220 g/mol. The molecule has 0 spiro atoms. The monoisotopic (exact) mass is 1220 g/mol. The molecule has 484 valence electrons. The van der Waals surface area contributed by atoms with Gasteiger partial charge in [0.15, 0.2) is 37.7 Å². The predicted octanol–water partition coefficient (Wildman–Crippen LogP) is -15.3. The molecule has 6 saturated heterocycles. The van der Waals surface area contributed by atoms with E-state index in [0.717, 1.165) is 13.8 Å². The predicted molar refractivity (Wildman–Crippen MR) is 256 cm³/mol. The number of hydrogen-bond donors (Lipinski definition) is 23. The molecule has 0 radical (unpaired) electrons. The molecular weight excluding hydrogens is 1140 g/mol. The Labute approximate surface area is 471 Å². The van der Waals surface area contributed by atoms with E-state index in [9.17, 15) is 117 Å². The van der Waals surface area contributed by atoms with Gasteiger partial charge >= 0.3 is 0 Å². The Hall–Kier alpha value is -2.38. The summed E-state index contributed by atoms with van der Waals surface area (Å²) in [5, 5.41) is 229. The molecule has 0 bridgehead atoms. The van der Waals surface area contributed by atoms with Crippen LogP contribution in [0.15, 0.2) is 0 Å². The summed E-state index contributed by atoms with van der Waals surface area (Å²) in [5.74, 6) is -1.82. The molecule has 6 aliphatic heterocycles. The van der Waals surface area contributed by atoms with Crippen LogP contribution in [0, 0.1) is 0 Å². The summed E-state index contributed by atoms with van der Waals surface area (Å²) in [6.45, 7) is -4.28. The number of rotatable bonds is 24. The van der Waals surface area contributed by atoms with Crippen molar-refractivity contribution in [3.05, 3.63) is 0 Å². The van der Waals surface area contributed by atoms with Crippen molar-refractivity contribution in [3.63, 3.8) is 0 Å². The molecule has 23 N–H and O–H groups in total. The molecule has 37 nitrogen and oxygen atoms in total. The molecule has 6 fully saturated rings. The normalized spacial score (nSPS) is 46.8. The summed E-state index contributed by atoms with van der Waals surface area (Å²) < 4.78 is 70.4. The minimum atomic E-state index is -2.41. The summed E-state index contributed by atoms with van der Waals surface area (Å²) in [6.07, 6.45) is -63.7. The van der Waals surface area contributed by atoms with Gasteiger partial charge in [-0.1, -0.05) is 0 Å². The number of carbonyl (C=O) groups excluding carboxylic acids is 2. The fourth-order valence-electron chi connectivity index (χ4n) is 10.2. The van der Waals surface area contributed by atoms with Crippen LogP contribution in [0.5, 0.6) is 0 Å². The zero-order valence-electron chi connectivity index (χ0n) is 44.7. The van der Waals surface area contributed by atoms with Gasteiger partial charge in [0, 0.05) is 13.8 Å². The third-order valence-corrected chi connectivity index (χ3v) is 14.9. The van der Waals surface area contributed by atoms with Crippen molar-refractivity contribution in [1.29, 1.82) is 0 Å². The molecule has 34 atom stereocenters. The van der Waals surface area contributed by atoms with Gasteiger partial charge in [-0.25, -0.2) is 0 Å². The smallest absolute Gasteiger partial charge is 0.217 e. The molecule has 6 heterocycles. The van der Waals surface area contributed by atoms with Crippen molar-refractivity contribution >= 4 is 11.8 Å². The van der Waals surface area contributed by atoms with Crippen LogP contribution in [-0.2, 0) is 66.4 Å². The maximum atomic E-state index is 13.1. The van der Waals surface area contributed by atoms with Gasteiger partial charge in [-0.15, -0.1) is 0 Å². The highest BCUT2D eigenvalue weighted by Gasteiger charge is 2.58. The van der Waals surface area contributed by atoms with Crippen LogP contribution in [0.1, 0.15) is 20.8 Å². The van der Waals surface area contributed by atoms with E-state index in [1.165, 1.54) is 6.92 Å². The maximum absolute atomic E-state index is 13.1. The Morgan fingerprint density at radius 3 is 1.30 bits per heavy atom. The van der Waals surface area contributed by atoms with Crippen molar-refractivity contribution in [2.24, 2.45) is 0 Å². The van der Waals surface area contributed by atoms with E-state index in [-0.39, 0.29) is 0 Å². The molecule has 0 saturated carbocycles. The van der Waals surface area contributed by atoms with Crippen molar-refractivity contribution in [3.8, 4) is 0 Å². The van der Waals surface area contributed by atoms with E-state index in [4.69, 9.17) is 56.8 Å². The van der Waals surface area contributed by atoms with Crippen LogP contribution in [0.3, 0.4) is 0 Å². The maximum Gasteiger partial charge on any atom is 0.217 e. The fraction of sp³-hybridized carbons (Fsp3) is 0.957. The molecule has 37 heteroatoms. The zero-order chi connectivity index (χ0) is 61.6. The highest BCUT2D eigenvalue weighted by Crippen LogP contribution is 2.37. The molecular formula is C46H80N2O35. The van der Waals surface area contributed by atoms with Gasteiger partial charge in [-0.2, -0.15) is 0 Å². The zero-order valence-corrected chi connectivity index (χ0v) is 44.7. The second kappa shape index (κ2) is 30.7. The number of hydrogen-bond acceptors (Lipinski definition) is 35. The Morgan fingerprint density at radius 2 is 0.807 bits per heavy atom. The Balaban J connectivity index is 1.38. The number of amides is 2. The second-order valence-electron chi connectivity index (χ2n) is 20.8. The standard InChI is InChI=1S/C46H80N2O35/c1-11-23(59)29(65)32(68)43(73-11)82-39-22(48-13(3)56)41(77-19(9-54)37(39)80-44-33(69)30(66)25(61)16(6-51)75-44)72-10-20-28(64)40(35(71)46(78-20)79-36(15(58)5-50)24(60)14(57)4-49)83-42-21(47-12(2)55)38(27(63)18(8-53)74-42)81-45-34(70)31(67)26(62)17(7-52)76-45/h11,14-46,49-54,57-71H,4-10H2,1-3H3,(H,47,55)(H,48,56)/t11-,14-,15+,16+,17+,18+,19+,20+,21+,22+,23+,24+,25-,26-,27+,28-,29+,30-,31-,32-,33+,34+,35+,36+,37+,38+,39+,40-,41+,42-,43-,44-,45-,46-/m0/s1. The first-order valence-electron chi connectivity index (χ1n) is 26.4. The molecule has 0 aliphatic carbocycles. The van der Waals surface area contributed by atoms with Gasteiger partial charge in [0.1, 0.15) is 165 Å². The van der Waals surface area contributed by atoms with E-state index in [2.05, 4.69) is 10.6 Å². The van der Waals surface area contributed by atoms with Gasteiger partial charge in [0.2, 0.25) is 11.8 Å². The lowest BCUT2D eigenvalue weighted by Crippen LogP contribution is -2.70. The minimum Gasteiger partial charge on any atom is -0.394 e. The van der Waals surface area contributed by atoms with Crippen LogP contribution in [-0.4, -0.2) is 374 Å². The number of aliphatic hydroxyl groups is 21. The van der Waals surface area contributed by atoms with E-state index < -0.39 is 267 Å². The lowest BCUT2D eigenvalue weighted by atomic mass is 9.94. The number of ether oxygens (including phenoxy) is 12. The lowest BCUT2D eigenvalue weighted by molar-refractivity contribution is -0.382. The summed E-state index contributed by atoms with van der Waals surface area (Å²) >= 11 is 0. The Bertz CT molecular complexity index is 1990. The highest BCUT2D eigenvalue weighted by molar-refractivity contribution is 5.73. The van der Waals surface area contributed by atoms with Gasteiger partial charge in [0.25, 0.3) is 0 Å². The van der Waals surface area contributed by atoms with Crippen molar-refractivity contribution in [1.82, 2.24) is 10.6 Å². The van der Waals surface area contributed by atoms with Gasteiger partial charge < -0.3 is 175 Å². The molecule has 0 unspecified atom stereocenters. The average Bonchev–Trinajstić information content (AvgIpc) is 3.64. The molecule has 2 amide bonds. The third kappa shape index (κ3) is 15.7. The second-order valence-corrected chi connectivity index (χ2v) is 20.8. The van der Waals surface area contributed by atoms with Crippen molar-refractivity contribution < 1.29 is 174 Å². The SMILES string of the molecule is CC(=O)N[C@H]1[C@H](OC[C@H]2O[C@@H](O[C@@H]([C@H](O)[C@@H](O)CO)[C@H](O)CO)[C@H](O)[C@@H](O[C@@H]3O[C@H](CO)[C@@H](O)[C@H](O[C@@H]4O[C@H](CO)[C@H](O)[C@H](O)[C@H]4O)[C@H]3NC(C)=O)[C@H]2O)O[C@H](CO)[C@@H](O[C@@H]2O[C@H](CO)[C@H](O)[C@H](O)[C@H]2O)[C@@H]1O[C@@H]1O[C@@H](C)[C@@H](O)[C@@H](O)[C@@H]1O. The highest BCUT2D eigenvalue weighted by atomic mass is 16.8. The number of nitrogens with one attached hydrogen (secondary N) is 2. The molecule has 0 aromatic rings. The van der Waals surface area contributed by atoms with E-state index in [1.807, 2.05) is 0 Å². The van der Waals surface area contributed by atoms with E-state index in [1.54, 1.807) is 0 Å². The Morgan fingerprint density at radius 1 is 0.410 bits per heavy atom. The van der Waals surface area contributed by atoms with E-state index >= 15 is 0 Å². The topological polar surface area (TPSA) is 594 Å². The first-order valence-corrected chi connectivity index (χ1v) is 26.4. The summed E-state index contributed by atoms with van der Waals surface area (Å²) in [4.78, 5) is 25.9. The first-order chi connectivity index (χ1) is 39.2. The minimum absolute atomic E-state index is 0.902.